The van der Waals surface area contributed by atoms with Crippen molar-refractivity contribution in [3.63, 3.8) is 0 Å². The monoisotopic (exact) mass is 515 g/mol. The number of fused-ring (bicyclic) bond motifs is 5. The van der Waals surface area contributed by atoms with Gasteiger partial charge in [-0.3, -0.25) is 4.57 Å². The zero-order chi connectivity index (χ0) is 26.6. The Kier molecular flexibility index (Phi) is 5.01. The van der Waals surface area contributed by atoms with E-state index in [0.717, 1.165) is 44.9 Å². The predicted molar refractivity (Wildman–Crippen MR) is 165 cm³/mol. The van der Waals surface area contributed by atoms with Crippen LogP contribution in [0.15, 0.2) is 133 Å². The van der Waals surface area contributed by atoms with Crippen LogP contribution in [0.1, 0.15) is 0 Å². The molecule has 4 nitrogen and oxygen atoms in total. The summed E-state index contributed by atoms with van der Waals surface area (Å²) in [6, 6.07) is 46.9. The molecule has 0 saturated heterocycles. The Bertz CT molecular complexity index is 2150. The Morgan fingerprint density at radius 2 is 1.15 bits per heavy atom. The molecular formula is C36H25N3O. The number of rotatable bonds is 4. The second kappa shape index (κ2) is 8.85. The van der Waals surface area contributed by atoms with E-state index in [-0.39, 0.29) is 0 Å². The standard InChI is InChI=1S/C36H25N3O/c1-40-25-19-21-31-35(23-25)38(24-11-3-2-4-12-24)36(37-31)30-20-22-34(27-14-6-5-13-26(27)30)39-32-17-9-7-15-28(32)29-16-8-10-18-33(29)39/h2-23H,1H3. The van der Waals surface area contributed by atoms with Gasteiger partial charge in [0.1, 0.15) is 11.6 Å². The molecule has 4 heteroatoms. The zero-order valence-electron chi connectivity index (χ0n) is 22.0. The van der Waals surface area contributed by atoms with Crippen molar-refractivity contribution in [2.24, 2.45) is 0 Å². The van der Waals surface area contributed by atoms with Crippen LogP contribution in [0.25, 0.3) is 66.4 Å². The molecule has 2 heterocycles. The Labute approximate surface area is 231 Å². The molecule has 0 amide bonds. The lowest BCUT2D eigenvalue weighted by Gasteiger charge is -2.16. The van der Waals surface area contributed by atoms with Crippen molar-refractivity contribution in [3.8, 4) is 28.5 Å². The summed E-state index contributed by atoms with van der Waals surface area (Å²) in [7, 11) is 1.70. The van der Waals surface area contributed by atoms with Crippen molar-refractivity contribution in [3.05, 3.63) is 133 Å². The van der Waals surface area contributed by atoms with Gasteiger partial charge in [0.25, 0.3) is 0 Å². The predicted octanol–water partition coefficient (Wildman–Crippen LogP) is 8.95. The van der Waals surface area contributed by atoms with Crippen LogP contribution in [-0.4, -0.2) is 21.2 Å². The molecule has 0 aliphatic rings. The highest BCUT2D eigenvalue weighted by Crippen LogP contribution is 2.39. The van der Waals surface area contributed by atoms with Crippen molar-refractivity contribution in [2.75, 3.05) is 7.11 Å². The molecule has 0 N–H and O–H groups in total. The fourth-order valence-electron chi connectivity index (χ4n) is 6.06. The molecule has 2 aromatic heterocycles. The number of methoxy groups -OCH3 is 1. The summed E-state index contributed by atoms with van der Waals surface area (Å²) in [5.41, 5.74) is 7.63. The summed E-state index contributed by atoms with van der Waals surface area (Å²) in [5.74, 6) is 1.71. The van der Waals surface area contributed by atoms with Crippen LogP contribution in [0, 0.1) is 0 Å². The van der Waals surface area contributed by atoms with Crippen molar-refractivity contribution in [1.82, 2.24) is 14.1 Å². The average Bonchev–Trinajstić information content (AvgIpc) is 3.56. The lowest BCUT2D eigenvalue weighted by atomic mass is 10.0. The largest absolute Gasteiger partial charge is 0.497 e. The SMILES string of the molecule is COc1ccc2nc(-c3ccc(-n4c5ccccc5c5ccccc54)c4ccccc34)n(-c3ccccc3)c2c1. The second-order valence-electron chi connectivity index (χ2n) is 10.0. The molecule has 0 saturated carbocycles. The molecule has 40 heavy (non-hydrogen) atoms. The van der Waals surface area contributed by atoms with E-state index in [0.29, 0.717) is 0 Å². The first kappa shape index (κ1) is 22.6. The minimum absolute atomic E-state index is 0.808. The molecule has 190 valence electrons. The highest BCUT2D eigenvalue weighted by Gasteiger charge is 2.20. The topological polar surface area (TPSA) is 32.0 Å². The zero-order valence-corrected chi connectivity index (χ0v) is 22.0. The van der Waals surface area contributed by atoms with Crippen molar-refractivity contribution >= 4 is 43.6 Å². The Morgan fingerprint density at radius 3 is 1.85 bits per heavy atom. The first-order chi connectivity index (χ1) is 19.8. The normalized spacial score (nSPS) is 11.6. The van der Waals surface area contributed by atoms with E-state index in [1.807, 2.05) is 18.2 Å². The van der Waals surface area contributed by atoms with Crippen LogP contribution in [0.2, 0.25) is 0 Å². The second-order valence-corrected chi connectivity index (χ2v) is 10.0. The van der Waals surface area contributed by atoms with Crippen molar-refractivity contribution in [1.29, 1.82) is 0 Å². The Morgan fingerprint density at radius 1 is 0.525 bits per heavy atom. The maximum atomic E-state index is 5.58. The number of hydrogen-bond acceptors (Lipinski definition) is 2. The molecule has 8 rings (SSSR count). The smallest absolute Gasteiger partial charge is 0.146 e. The maximum Gasteiger partial charge on any atom is 0.146 e. The van der Waals surface area contributed by atoms with E-state index >= 15 is 0 Å². The maximum absolute atomic E-state index is 5.58. The molecule has 8 aromatic rings. The quantitative estimate of drug-likeness (QED) is 0.234. The number of benzene rings is 6. The summed E-state index contributed by atoms with van der Waals surface area (Å²) in [6.07, 6.45) is 0. The van der Waals surface area contributed by atoms with Crippen molar-refractivity contribution < 1.29 is 4.74 Å². The van der Waals surface area contributed by atoms with E-state index < -0.39 is 0 Å². The van der Waals surface area contributed by atoms with Crippen LogP contribution >= 0.6 is 0 Å². The van der Waals surface area contributed by atoms with Gasteiger partial charge in [-0.1, -0.05) is 78.9 Å². The molecule has 0 fully saturated rings. The van der Waals surface area contributed by atoms with Gasteiger partial charge >= 0.3 is 0 Å². The first-order valence-electron chi connectivity index (χ1n) is 13.4. The summed E-state index contributed by atoms with van der Waals surface area (Å²) in [4.78, 5) is 5.18. The van der Waals surface area contributed by atoms with E-state index in [1.165, 1.54) is 27.2 Å². The highest BCUT2D eigenvalue weighted by atomic mass is 16.5. The third kappa shape index (κ3) is 3.29. The molecular weight excluding hydrogens is 490 g/mol. The van der Waals surface area contributed by atoms with Gasteiger partial charge in [0.2, 0.25) is 0 Å². The fraction of sp³-hybridized carbons (Fsp3) is 0.0278. The average molecular weight is 516 g/mol. The number of ether oxygens (including phenoxy) is 1. The van der Waals surface area contributed by atoms with Gasteiger partial charge in [-0.25, -0.2) is 4.98 Å². The highest BCUT2D eigenvalue weighted by molar-refractivity contribution is 6.11. The minimum Gasteiger partial charge on any atom is -0.497 e. The number of nitrogens with zero attached hydrogens (tertiary/aromatic N) is 3. The van der Waals surface area contributed by atoms with Gasteiger partial charge in [0.15, 0.2) is 0 Å². The number of para-hydroxylation sites is 3. The molecule has 0 aliphatic heterocycles. The van der Waals surface area contributed by atoms with Crippen LogP contribution in [0.3, 0.4) is 0 Å². The summed E-state index contributed by atoms with van der Waals surface area (Å²) in [6.45, 7) is 0. The lowest BCUT2D eigenvalue weighted by molar-refractivity contribution is 0.415. The minimum atomic E-state index is 0.808. The summed E-state index contributed by atoms with van der Waals surface area (Å²) in [5, 5.41) is 4.84. The fourth-order valence-corrected chi connectivity index (χ4v) is 6.06. The number of aromatic nitrogens is 3. The van der Waals surface area contributed by atoms with Gasteiger partial charge in [0, 0.05) is 33.5 Å². The van der Waals surface area contributed by atoms with Crippen LogP contribution in [0.5, 0.6) is 5.75 Å². The van der Waals surface area contributed by atoms with Gasteiger partial charge in [0.05, 0.1) is 34.9 Å². The molecule has 0 aliphatic carbocycles. The number of imidazole rings is 1. The third-order valence-electron chi connectivity index (χ3n) is 7.84. The van der Waals surface area contributed by atoms with Crippen LogP contribution in [0.4, 0.5) is 0 Å². The van der Waals surface area contributed by atoms with E-state index in [4.69, 9.17) is 9.72 Å². The van der Waals surface area contributed by atoms with Crippen LogP contribution < -0.4 is 4.74 Å². The van der Waals surface area contributed by atoms with Gasteiger partial charge in [-0.15, -0.1) is 0 Å². The van der Waals surface area contributed by atoms with Gasteiger partial charge in [-0.05, 0) is 53.9 Å². The molecule has 6 aromatic carbocycles. The van der Waals surface area contributed by atoms with E-state index in [1.54, 1.807) is 7.11 Å². The Balaban J connectivity index is 1.45. The lowest BCUT2D eigenvalue weighted by Crippen LogP contribution is -2.00. The van der Waals surface area contributed by atoms with Gasteiger partial charge < -0.3 is 9.30 Å². The van der Waals surface area contributed by atoms with E-state index in [2.05, 4.69) is 124 Å². The van der Waals surface area contributed by atoms with Gasteiger partial charge in [-0.2, -0.15) is 0 Å². The molecule has 0 spiro atoms. The molecule has 0 unspecified atom stereocenters. The van der Waals surface area contributed by atoms with E-state index in [9.17, 15) is 0 Å². The molecule has 0 atom stereocenters. The summed E-state index contributed by atoms with van der Waals surface area (Å²) >= 11 is 0. The number of hydrogen-bond donors (Lipinski definition) is 0. The summed E-state index contributed by atoms with van der Waals surface area (Å²) < 4.78 is 10.2. The Hall–Kier alpha value is -5.35. The first-order valence-corrected chi connectivity index (χ1v) is 13.4. The molecule has 0 bridgehead atoms. The third-order valence-corrected chi connectivity index (χ3v) is 7.84. The van der Waals surface area contributed by atoms with Crippen molar-refractivity contribution in [2.45, 2.75) is 0 Å². The molecule has 0 radical (unpaired) electrons. The van der Waals surface area contributed by atoms with Crippen LogP contribution in [-0.2, 0) is 0 Å².